The number of hydrogen-bond acceptors (Lipinski definition) is 5. The summed E-state index contributed by atoms with van der Waals surface area (Å²) in [5.74, 6) is 1.91. The standard InChI is InChI=1S/C46H28N4O/c1-3-12-31(13-4-1)44-48-45(32-14-5-2-6-15-32)50-46(49-44)33-22-19-30(20-23-33)35-25-26-40-38(28-35)41-42(36-24-21-29-11-7-8-16-34(29)27-36)47-39-18-10-9-17-37(39)43(41)51-40/h1-28H. The highest BCUT2D eigenvalue weighted by atomic mass is 16.3. The van der Waals surface area contributed by atoms with Crippen molar-refractivity contribution < 1.29 is 4.42 Å². The zero-order chi connectivity index (χ0) is 33.7. The van der Waals surface area contributed by atoms with Crippen molar-refractivity contribution in [3.05, 3.63) is 170 Å². The largest absolute Gasteiger partial charge is 0.455 e. The number of para-hydroxylation sites is 1. The number of fused-ring (bicyclic) bond motifs is 6. The first-order valence-corrected chi connectivity index (χ1v) is 17.0. The molecule has 0 spiro atoms. The molecular formula is C46H28N4O. The Bertz CT molecular complexity index is 2840. The van der Waals surface area contributed by atoms with Gasteiger partial charge in [0.05, 0.1) is 16.6 Å². The summed E-state index contributed by atoms with van der Waals surface area (Å²) in [7, 11) is 0. The summed E-state index contributed by atoms with van der Waals surface area (Å²) in [5, 5.41) is 5.43. The van der Waals surface area contributed by atoms with Gasteiger partial charge in [0.15, 0.2) is 17.5 Å². The third-order valence-electron chi connectivity index (χ3n) is 9.50. The molecule has 0 fully saturated rings. The van der Waals surface area contributed by atoms with E-state index in [1.165, 1.54) is 10.8 Å². The monoisotopic (exact) mass is 652 g/mol. The van der Waals surface area contributed by atoms with Crippen LogP contribution in [0.5, 0.6) is 0 Å². The number of aromatic nitrogens is 4. The number of benzene rings is 7. The number of pyridine rings is 1. The molecule has 238 valence electrons. The second-order valence-corrected chi connectivity index (χ2v) is 12.7. The third kappa shape index (κ3) is 5.11. The van der Waals surface area contributed by atoms with E-state index in [1.807, 2.05) is 72.8 Å². The fraction of sp³-hybridized carbons (Fsp3) is 0. The Balaban J connectivity index is 1.10. The Morgan fingerprint density at radius 1 is 0.353 bits per heavy atom. The van der Waals surface area contributed by atoms with E-state index in [0.29, 0.717) is 17.5 Å². The molecular weight excluding hydrogens is 625 g/mol. The van der Waals surface area contributed by atoms with Gasteiger partial charge in [0.25, 0.3) is 0 Å². The lowest BCUT2D eigenvalue weighted by atomic mass is 9.97. The van der Waals surface area contributed by atoms with Crippen molar-refractivity contribution in [1.29, 1.82) is 0 Å². The van der Waals surface area contributed by atoms with Crippen LogP contribution in [0.3, 0.4) is 0 Å². The highest BCUT2D eigenvalue weighted by Crippen LogP contribution is 2.41. The van der Waals surface area contributed by atoms with Gasteiger partial charge in [-0.25, -0.2) is 19.9 Å². The highest BCUT2D eigenvalue weighted by molar-refractivity contribution is 6.20. The van der Waals surface area contributed by atoms with E-state index in [4.69, 9.17) is 24.4 Å². The van der Waals surface area contributed by atoms with Gasteiger partial charge in [-0.2, -0.15) is 0 Å². The molecule has 51 heavy (non-hydrogen) atoms. The molecule has 7 aromatic carbocycles. The van der Waals surface area contributed by atoms with Gasteiger partial charge in [0.1, 0.15) is 11.2 Å². The Hall–Kier alpha value is -6.98. The molecule has 0 radical (unpaired) electrons. The summed E-state index contributed by atoms with van der Waals surface area (Å²) in [6.07, 6.45) is 0. The van der Waals surface area contributed by atoms with Crippen LogP contribution in [0, 0.1) is 0 Å². The lowest BCUT2D eigenvalue weighted by Gasteiger charge is -2.09. The number of rotatable bonds is 5. The predicted molar refractivity (Wildman–Crippen MR) is 207 cm³/mol. The molecule has 0 N–H and O–H groups in total. The molecule has 5 nitrogen and oxygen atoms in total. The fourth-order valence-electron chi connectivity index (χ4n) is 6.94. The van der Waals surface area contributed by atoms with Gasteiger partial charge in [-0.15, -0.1) is 0 Å². The summed E-state index contributed by atoms with van der Waals surface area (Å²) in [6, 6.07) is 58.1. The molecule has 0 saturated carbocycles. The molecule has 0 bridgehead atoms. The normalized spacial score (nSPS) is 11.5. The Kier molecular flexibility index (Phi) is 6.74. The van der Waals surface area contributed by atoms with Crippen LogP contribution in [0.1, 0.15) is 0 Å². The van der Waals surface area contributed by atoms with Crippen LogP contribution in [-0.2, 0) is 0 Å². The maximum absolute atomic E-state index is 6.62. The van der Waals surface area contributed by atoms with E-state index >= 15 is 0 Å². The van der Waals surface area contributed by atoms with Crippen molar-refractivity contribution >= 4 is 43.6 Å². The lowest BCUT2D eigenvalue weighted by Crippen LogP contribution is -2.00. The first-order chi connectivity index (χ1) is 25.2. The summed E-state index contributed by atoms with van der Waals surface area (Å²) >= 11 is 0. The summed E-state index contributed by atoms with van der Waals surface area (Å²) < 4.78 is 6.62. The predicted octanol–water partition coefficient (Wildman–Crippen LogP) is 11.8. The lowest BCUT2D eigenvalue weighted by molar-refractivity contribution is 0.672. The van der Waals surface area contributed by atoms with E-state index in [2.05, 4.69) is 97.1 Å². The third-order valence-corrected chi connectivity index (χ3v) is 9.50. The van der Waals surface area contributed by atoms with Crippen molar-refractivity contribution in [3.63, 3.8) is 0 Å². The molecule has 0 aliphatic heterocycles. The first-order valence-electron chi connectivity index (χ1n) is 17.0. The maximum Gasteiger partial charge on any atom is 0.164 e. The Morgan fingerprint density at radius 3 is 1.61 bits per heavy atom. The summed E-state index contributed by atoms with van der Waals surface area (Å²) in [5.41, 5.74) is 9.54. The van der Waals surface area contributed by atoms with Crippen molar-refractivity contribution in [2.24, 2.45) is 0 Å². The van der Waals surface area contributed by atoms with Crippen LogP contribution in [0.4, 0.5) is 0 Å². The topological polar surface area (TPSA) is 64.7 Å². The van der Waals surface area contributed by atoms with Gasteiger partial charge >= 0.3 is 0 Å². The summed E-state index contributed by atoms with van der Waals surface area (Å²) in [6.45, 7) is 0. The van der Waals surface area contributed by atoms with E-state index < -0.39 is 0 Å². The van der Waals surface area contributed by atoms with Gasteiger partial charge in [-0.05, 0) is 52.2 Å². The molecule has 0 unspecified atom stereocenters. The first kappa shape index (κ1) is 29.0. The van der Waals surface area contributed by atoms with Gasteiger partial charge in [-0.3, -0.25) is 0 Å². The van der Waals surface area contributed by atoms with E-state index in [9.17, 15) is 0 Å². The maximum atomic E-state index is 6.62. The molecule has 3 aromatic heterocycles. The van der Waals surface area contributed by atoms with Crippen LogP contribution < -0.4 is 0 Å². The van der Waals surface area contributed by atoms with Crippen molar-refractivity contribution in [3.8, 4) is 56.5 Å². The smallest absolute Gasteiger partial charge is 0.164 e. The van der Waals surface area contributed by atoms with Crippen molar-refractivity contribution in [2.75, 3.05) is 0 Å². The van der Waals surface area contributed by atoms with E-state index in [0.717, 1.165) is 71.9 Å². The van der Waals surface area contributed by atoms with Gasteiger partial charge in [0, 0.05) is 33.0 Å². The minimum atomic E-state index is 0.628. The van der Waals surface area contributed by atoms with Crippen LogP contribution in [-0.4, -0.2) is 19.9 Å². The molecule has 0 aliphatic carbocycles. The molecule has 3 heterocycles. The summed E-state index contributed by atoms with van der Waals surface area (Å²) in [4.78, 5) is 19.9. The Labute approximate surface area is 293 Å². The molecule has 10 rings (SSSR count). The van der Waals surface area contributed by atoms with E-state index in [1.54, 1.807) is 0 Å². The zero-order valence-electron chi connectivity index (χ0n) is 27.4. The van der Waals surface area contributed by atoms with Gasteiger partial charge in [-0.1, -0.05) is 140 Å². The van der Waals surface area contributed by atoms with Crippen molar-refractivity contribution in [1.82, 2.24) is 19.9 Å². The fourth-order valence-corrected chi connectivity index (χ4v) is 6.94. The molecule has 5 heteroatoms. The minimum Gasteiger partial charge on any atom is -0.455 e. The second kappa shape index (κ2) is 11.9. The number of nitrogens with zero attached hydrogens (tertiary/aromatic N) is 4. The second-order valence-electron chi connectivity index (χ2n) is 12.7. The molecule has 0 atom stereocenters. The highest BCUT2D eigenvalue weighted by Gasteiger charge is 2.19. The van der Waals surface area contributed by atoms with Crippen LogP contribution in [0.15, 0.2) is 174 Å². The molecule has 0 amide bonds. The van der Waals surface area contributed by atoms with Crippen LogP contribution >= 0.6 is 0 Å². The molecule has 0 aliphatic rings. The average molecular weight is 653 g/mol. The van der Waals surface area contributed by atoms with Crippen molar-refractivity contribution in [2.45, 2.75) is 0 Å². The molecule has 0 saturated heterocycles. The minimum absolute atomic E-state index is 0.628. The van der Waals surface area contributed by atoms with E-state index in [-0.39, 0.29) is 0 Å². The van der Waals surface area contributed by atoms with Crippen LogP contribution in [0.2, 0.25) is 0 Å². The molecule has 10 aromatic rings. The SMILES string of the molecule is c1ccc(-c2nc(-c3ccccc3)nc(-c3ccc(-c4ccc5oc6c7ccccc7nc(-c7ccc8ccccc8c7)c6c5c4)cc3)n2)cc1. The number of hydrogen-bond donors (Lipinski definition) is 0. The van der Waals surface area contributed by atoms with Gasteiger partial charge in [0.2, 0.25) is 0 Å². The zero-order valence-corrected chi connectivity index (χ0v) is 27.4. The van der Waals surface area contributed by atoms with Crippen LogP contribution in [0.25, 0.3) is 100 Å². The Morgan fingerprint density at radius 2 is 0.902 bits per heavy atom. The van der Waals surface area contributed by atoms with Gasteiger partial charge < -0.3 is 4.42 Å². The average Bonchev–Trinajstić information content (AvgIpc) is 3.60. The quantitative estimate of drug-likeness (QED) is 0.185. The number of furan rings is 1.